The maximum Gasteiger partial charge on any atom is 0.262 e. The van der Waals surface area contributed by atoms with Crippen LogP contribution in [0.3, 0.4) is 0 Å². The maximum atomic E-state index is 10.9. The average Bonchev–Trinajstić information content (AvgIpc) is 2.47. The van der Waals surface area contributed by atoms with Crippen LogP contribution in [0.15, 0.2) is 66.7 Å². The number of benzene rings is 3. The van der Waals surface area contributed by atoms with E-state index in [1.165, 1.54) is 6.07 Å². The lowest BCUT2D eigenvalue weighted by molar-refractivity contribution is 0.374. The molecule has 0 aliphatic rings. The minimum absolute atomic E-state index is 0.00605. The van der Waals surface area contributed by atoms with Crippen LogP contribution in [-0.2, 0) is 10.4 Å². The topological polar surface area (TPSA) is 78.5 Å². The van der Waals surface area contributed by atoms with Crippen LogP contribution >= 0.6 is 0 Å². The summed E-state index contributed by atoms with van der Waals surface area (Å²) in [5.74, 6) is 0.00605. The smallest absolute Gasteiger partial charge is 0.262 e. The van der Waals surface area contributed by atoms with Crippen molar-refractivity contribution in [2.75, 3.05) is 5.32 Å². The first kappa shape index (κ1) is 14.4. The lowest BCUT2D eigenvalue weighted by Crippen LogP contribution is -2.07. The molecule has 0 radical (unpaired) electrons. The Morgan fingerprint density at radius 3 is 2.23 bits per heavy atom. The lowest BCUT2D eigenvalue weighted by atomic mass is 10.1. The zero-order valence-electron chi connectivity index (χ0n) is 11.4. The molecule has 0 saturated heterocycles. The fourth-order valence-electron chi connectivity index (χ4n) is 2.27. The number of hydrogen-bond acceptors (Lipinski definition) is 5. The summed E-state index contributed by atoms with van der Waals surface area (Å²) in [7, 11) is -4.84. The van der Waals surface area contributed by atoms with E-state index in [1.54, 1.807) is 12.1 Å². The molecule has 0 aromatic heterocycles. The van der Waals surface area contributed by atoms with E-state index in [2.05, 4.69) is 9.50 Å². The van der Waals surface area contributed by atoms with Gasteiger partial charge in [-0.05, 0) is 29.7 Å². The summed E-state index contributed by atoms with van der Waals surface area (Å²) in [4.78, 5) is 0. The van der Waals surface area contributed by atoms with Gasteiger partial charge in [0.25, 0.3) is 10.4 Å². The molecule has 0 saturated carbocycles. The minimum Gasteiger partial charge on any atom is -0.716 e. The van der Waals surface area contributed by atoms with Crippen LogP contribution in [0.5, 0.6) is 5.75 Å². The predicted molar refractivity (Wildman–Crippen MR) is 84.0 cm³/mol. The van der Waals surface area contributed by atoms with E-state index >= 15 is 0 Å². The number of fused-ring (bicyclic) bond motifs is 1. The van der Waals surface area contributed by atoms with E-state index in [4.69, 9.17) is 0 Å². The van der Waals surface area contributed by atoms with Gasteiger partial charge >= 0.3 is 0 Å². The SMILES string of the molecule is O=S(=O)([O-])Oc1cccc2cccc(Nc3ccccc3)c12. The highest BCUT2D eigenvalue weighted by Crippen LogP contribution is 2.34. The molecule has 0 atom stereocenters. The normalized spacial score (nSPS) is 11.3. The van der Waals surface area contributed by atoms with Crippen molar-refractivity contribution in [3.8, 4) is 5.75 Å². The van der Waals surface area contributed by atoms with Gasteiger partial charge in [0.15, 0.2) is 5.75 Å². The second-order valence-electron chi connectivity index (χ2n) is 4.64. The first-order valence-corrected chi connectivity index (χ1v) is 7.85. The fraction of sp³-hybridized carbons (Fsp3) is 0. The van der Waals surface area contributed by atoms with E-state index in [0.717, 1.165) is 11.1 Å². The van der Waals surface area contributed by atoms with Gasteiger partial charge in [-0.15, -0.1) is 0 Å². The largest absolute Gasteiger partial charge is 0.716 e. The van der Waals surface area contributed by atoms with Crippen molar-refractivity contribution in [2.45, 2.75) is 0 Å². The van der Waals surface area contributed by atoms with Gasteiger partial charge < -0.3 is 14.1 Å². The van der Waals surface area contributed by atoms with E-state index < -0.39 is 10.4 Å². The highest BCUT2D eigenvalue weighted by Gasteiger charge is 2.10. The Hall–Kier alpha value is -2.57. The van der Waals surface area contributed by atoms with Crippen molar-refractivity contribution >= 4 is 32.5 Å². The second-order valence-corrected chi connectivity index (χ2v) is 5.63. The Morgan fingerprint density at radius 1 is 0.864 bits per heavy atom. The van der Waals surface area contributed by atoms with Crippen molar-refractivity contribution in [3.05, 3.63) is 66.7 Å². The monoisotopic (exact) mass is 314 g/mol. The number of para-hydroxylation sites is 1. The third kappa shape index (κ3) is 3.19. The molecular formula is C16H12NO4S-. The Kier molecular flexibility index (Phi) is 3.70. The number of anilines is 2. The maximum absolute atomic E-state index is 10.9. The molecule has 0 bridgehead atoms. The summed E-state index contributed by atoms with van der Waals surface area (Å²) in [6.07, 6.45) is 0. The highest BCUT2D eigenvalue weighted by molar-refractivity contribution is 7.81. The third-order valence-corrected chi connectivity index (χ3v) is 3.49. The molecule has 0 aliphatic heterocycles. The quantitative estimate of drug-likeness (QED) is 0.589. The van der Waals surface area contributed by atoms with Gasteiger partial charge in [0.2, 0.25) is 0 Å². The minimum atomic E-state index is -4.84. The average molecular weight is 314 g/mol. The van der Waals surface area contributed by atoms with Crippen molar-refractivity contribution in [1.29, 1.82) is 0 Å². The van der Waals surface area contributed by atoms with Crippen LogP contribution in [0.4, 0.5) is 11.4 Å². The first-order chi connectivity index (χ1) is 10.5. The molecule has 0 aliphatic carbocycles. The highest BCUT2D eigenvalue weighted by atomic mass is 32.3. The standard InChI is InChI=1S/C16H13NO4S/c18-22(19,20)21-15-11-5-7-12-6-4-10-14(16(12)15)17-13-8-2-1-3-9-13/h1-11,17H,(H,18,19,20)/p-1. The Bertz CT molecular complexity index is 903. The van der Waals surface area contributed by atoms with Crippen LogP contribution in [0.2, 0.25) is 0 Å². The van der Waals surface area contributed by atoms with Crippen LogP contribution in [0.1, 0.15) is 0 Å². The zero-order valence-corrected chi connectivity index (χ0v) is 12.2. The summed E-state index contributed by atoms with van der Waals surface area (Å²) in [6, 6.07) is 19.8. The molecule has 0 spiro atoms. The van der Waals surface area contributed by atoms with E-state index in [-0.39, 0.29) is 5.75 Å². The van der Waals surface area contributed by atoms with Gasteiger partial charge in [-0.1, -0.05) is 42.5 Å². The first-order valence-electron chi connectivity index (χ1n) is 6.52. The van der Waals surface area contributed by atoms with Crippen LogP contribution in [0.25, 0.3) is 10.8 Å². The van der Waals surface area contributed by atoms with Gasteiger partial charge in [0, 0.05) is 11.1 Å². The number of nitrogens with one attached hydrogen (secondary N) is 1. The van der Waals surface area contributed by atoms with Crippen molar-refractivity contribution in [1.82, 2.24) is 0 Å². The molecule has 3 aromatic rings. The molecule has 5 nitrogen and oxygen atoms in total. The summed E-state index contributed by atoms with van der Waals surface area (Å²) in [5.41, 5.74) is 1.50. The molecule has 3 rings (SSSR count). The molecule has 0 unspecified atom stereocenters. The van der Waals surface area contributed by atoms with Gasteiger partial charge in [-0.2, -0.15) is 0 Å². The van der Waals surface area contributed by atoms with Crippen LogP contribution in [-0.4, -0.2) is 13.0 Å². The second kappa shape index (κ2) is 5.67. The van der Waals surface area contributed by atoms with Crippen molar-refractivity contribution in [2.24, 2.45) is 0 Å². The molecule has 0 amide bonds. The van der Waals surface area contributed by atoms with Gasteiger partial charge in [0.05, 0.1) is 5.69 Å². The third-order valence-electron chi connectivity index (χ3n) is 3.11. The van der Waals surface area contributed by atoms with E-state index in [0.29, 0.717) is 11.1 Å². The molecular weight excluding hydrogens is 302 g/mol. The molecule has 6 heteroatoms. The molecule has 0 heterocycles. The Morgan fingerprint density at radius 2 is 1.55 bits per heavy atom. The number of rotatable bonds is 4. The zero-order chi connectivity index (χ0) is 15.6. The van der Waals surface area contributed by atoms with Gasteiger partial charge in [-0.3, -0.25) is 0 Å². The Balaban J connectivity index is 2.14. The Labute approximate surface area is 128 Å². The van der Waals surface area contributed by atoms with Gasteiger partial charge in [-0.25, -0.2) is 8.42 Å². The number of hydrogen-bond donors (Lipinski definition) is 1. The fourth-order valence-corrected chi connectivity index (χ4v) is 2.63. The molecule has 112 valence electrons. The van der Waals surface area contributed by atoms with Crippen molar-refractivity contribution in [3.63, 3.8) is 0 Å². The summed E-state index contributed by atoms with van der Waals surface area (Å²) in [6.45, 7) is 0. The van der Waals surface area contributed by atoms with E-state index in [9.17, 15) is 13.0 Å². The molecule has 1 N–H and O–H groups in total. The van der Waals surface area contributed by atoms with Crippen LogP contribution < -0.4 is 9.50 Å². The summed E-state index contributed by atoms with van der Waals surface area (Å²) in [5, 5.41) is 4.50. The molecule has 3 aromatic carbocycles. The molecule has 22 heavy (non-hydrogen) atoms. The van der Waals surface area contributed by atoms with Crippen molar-refractivity contribution < 1.29 is 17.2 Å². The van der Waals surface area contributed by atoms with Crippen LogP contribution in [0, 0.1) is 0 Å². The summed E-state index contributed by atoms with van der Waals surface area (Å²) < 4.78 is 37.3. The molecule has 0 fully saturated rings. The summed E-state index contributed by atoms with van der Waals surface area (Å²) >= 11 is 0. The van der Waals surface area contributed by atoms with E-state index in [1.807, 2.05) is 48.5 Å². The predicted octanol–water partition coefficient (Wildman–Crippen LogP) is 3.42. The van der Waals surface area contributed by atoms with Gasteiger partial charge in [0.1, 0.15) is 0 Å². The lowest BCUT2D eigenvalue weighted by Gasteiger charge is -2.15.